The molecule has 2 rings (SSSR count). The van der Waals surface area contributed by atoms with Gasteiger partial charge in [-0.1, -0.05) is 6.42 Å². The van der Waals surface area contributed by atoms with E-state index >= 15 is 0 Å². The Bertz CT molecular complexity index is 281. The third-order valence-electron chi connectivity index (χ3n) is 3.46. The highest BCUT2D eigenvalue weighted by Gasteiger charge is 2.30. The Morgan fingerprint density at radius 1 is 0.944 bits per heavy atom. The van der Waals surface area contributed by atoms with Crippen LogP contribution in [0.4, 0.5) is 0 Å². The first-order valence-corrected chi connectivity index (χ1v) is 6.11. The molecule has 0 unspecified atom stereocenters. The van der Waals surface area contributed by atoms with Crippen LogP contribution in [0.25, 0.3) is 0 Å². The molecule has 2 aliphatic rings. The quantitative estimate of drug-likeness (QED) is 0.420. The average Bonchev–Trinajstić information content (AvgIpc) is 2.87. The molecule has 7 heteroatoms. The van der Waals surface area contributed by atoms with Crippen LogP contribution in [-0.4, -0.2) is 47.3 Å². The Morgan fingerprint density at radius 2 is 1.56 bits per heavy atom. The number of hydrogen-bond acceptors (Lipinski definition) is 5. The van der Waals surface area contributed by atoms with E-state index < -0.39 is 11.9 Å². The van der Waals surface area contributed by atoms with Crippen molar-refractivity contribution in [3.05, 3.63) is 0 Å². The van der Waals surface area contributed by atoms with E-state index in [4.69, 9.17) is 21.7 Å². The zero-order valence-electron chi connectivity index (χ0n) is 10.2. The molecule has 0 aromatic heterocycles. The maximum absolute atomic E-state index is 10.3. The predicted octanol–water partition coefficient (Wildman–Crippen LogP) is -1.18. The number of rotatable bonds is 2. The molecule has 104 valence electrons. The van der Waals surface area contributed by atoms with Gasteiger partial charge >= 0.3 is 11.9 Å². The first kappa shape index (κ1) is 14.9. The van der Waals surface area contributed by atoms with Gasteiger partial charge in [0.15, 0.2) is 0 Å². The van der Waals surface area contributed by atoms with Gasteiger partial charge in [0, 0.05) is 25.2 Å². The number of nitrogens with two attached hydrogens (primary N) is 2. The summed E-state index contributed by atoms with van der Waals surface area (Å²) in [6.07, 6.45) is 2.60. The van der Waals surface area contributed by atoms with Gasteiger partial charge in [0.1, 0.15) is 0 Å². The molecule has 4 atom stereocenters. The number of carboxylic acid groups (broad SMARTS) is 2. The molecule has 0 radical (unpaired) electrons. The fraction of sp³-hybridized carbons (Fsp3) is 0.818. The van der Waals surface area contributed by atoms with Gasteiger partial charge < -0.3 is 27.0 Å². The minimum absolute atomic E-state index is 0.0949. The smallest absolute Gasteiger partial charge is 0.309 e. The largest absolute Gasteiger partial charge is 0.481 e. The van der Waals surface area contributed by atoms with E-state index in [1.54, 1.807) is 0 Å². The second kappa shape index (κ2) is 6.67. The van der Waals surface area contributed by atoms with Gasteiger partial charge in [-0.05, 0) is 12.8 Å². The normalized spacial score (nSPS) is 34.8. The van der Waals surface area contributed by atoms with Crippen molar-refractivity contribution >= 4 is 11.9 Å². The Labute approximate surface area is 106 Å². The van der Waals surface area contributed by atoms with Crippen molar-refractivity contribution in [3.8, 4) is 0 Å². The highest BCUT2D eigenvalue weighted by Crippen LogP contribution is 2.23. The predicted molar refractivity (Wildman–Crippen MR) is 64.9 cm³/mol. The molecule has 2 fully saturated rings. The summed E-state index contributed by atoms with van der Waals surface area (Å²) >= 11 is 0. The van der Waals surface area contributed by atoms with Crippen molar-refractivity contribution in [2.24, 2.45) is 23.3 Å². The summed E-state index contributed by atoms with van der Waals surface area (Å²) in [4.78, 5) is 20.6. The molecule has 1 saturated heterocycles. The first-order valence-electron chi connectivity index (χ1n) is 6.11. The van der Waals surface area contributed by atoms with E-state index in [1.807, 2.05) is 0 Å². The van der Waals surface area contributed by atoms with E-state index in [1.165, 1.54) is 0 Å². The molecule has 1 saturated carbocycles. The van der Waals surface area contributed by atoms with Gasteiger partial charge in [-0.15, -0.1) is 0 Å². The van der Waals surface area contributed by atoms with E-state index in [2.05, 4.69) is 5.32 Å². The van der Waals surface area contributed by atoms with Crippen molar-refractivity contribution in [2.45, 2.75) is 31.3 Å². The van der Waals surface area contributed by atoms with Gasteiger partial charge in [0.2, 0.25) is 0 Å². The lowest BCUT2D eigenvalue weighted by molar-refractivity contribution is -0.142. The molecule has 0 bridgehead atoms. The third kappa shape index (κ3) is 3.94. The van der Waals surface area contributed by atoms with E-state index in [0.29, 0.717) is 13.1 Å². The van der Waals surface area contributed by atoms with Crippen LogP contribution in [-0.2, 0) is 9.59 Å². The van der Waals surface area contributed by atoms with Gasteiger partial charge in [-0.3, -0.25) is 9.59 Å². The lowest BCUT2D eigenvalue weighted by Crippen LogP contribution is -2.33. The Kier molecular flexibility index (Phi) is 5.52. The maximum atomic E-state index is 10.3. The second-order valence-corrected chi connectivity index (χ2v) is 4.81. The van der Waals surface area contributed by atoms with Crippen LogP contribution in [0.1, 0.15) is 19.3 Å². The molecular formula is C11H21N3O4. The molecule has 0 aromatic carbocycles. The SMILES string of the molecule is N[C@@H]1CCC[C@H]1C(=O)O.N[C@@H]1CNC[C@H]1C(=O)O. The maximum Gasteiger partial charge on any atom is 0.309 e. The van der Waals surface area contributed by atoms with Crippen LogP contribution in [0.3, 0.4) is 0 Å². The minimum atomic E-state index is -0.799. The minimum Gasteiger partial charge on any atom is -0.481 e. The number of aliphatic carboxylic acids is 2. The monoisotopic (exact) mass is 259 g/mol. The summed E-state index contributed by atoms with van der Waals surface area (Å²) < 4.78 is 0. The summed E-state index contributed by atoms with van der Waals surface area (Å²) in [5, 5.41) is 19.9. The van der Waals surface area contributed by atoms with Gasteiger partial charge in [-0.25, -0.2) is 0 Å². The number of carboxylic acids is 2. The molecule has 7 nitrogen and oxygen atoms in total. The molecule has 0 aromatic rings. The van der Waals surface area contributed by atoms with Crippen LogP contribution in [0, 0.1) is 11.8 Å². The highest BCUT2D eigenvalue weighted by molar-refractivity contribution is 5.71. The lowest BCUT2D eigenvalue weighted by atomic mass is 10.1. The molecule has 7 N–H and O–H groups in total. The standard InChI is InChI=1S/C6H11NO2.C5H10N2O2/c7-5-3-1-2-4(5)6(8)9;6-4-2-7-1-3(4)5(8)9/h4-5H,1-3,7H2,(H,8,9);3-4,7H,1-2,6H2,(H,8,9)/t4-,5-;3-,4-/m11/s1. The fourth-order valence-electron chi connectivity index (χ4n) is 2.26. The van der Waals surface area contributed by atoms with Crippen molar-refractivity contribution in [2.75, 3.05) is 13.1 Å². The summed E-state index contributed by atoms with van der Waals surface area (Å²) in [6, 6.07) is -0.301. The van der Waals surface area contributed by atoms with Crippen LogP contribution in [0.2, 0.25) is 0 Å². The number of hydrogen-bond donors (Lipinski definition) is 5. The number of carbonyl (C=O) groups is 2. The topological polar surface area (TPSA) is 139 Å². The Balaban J connectivity index is 0.000000180. The van der Waals surface area contributed by atoms with E-state index in [9.17, 15) is 9.59 Å². The molecule has 0 amide bonds. The summed E-state index contributed by atoms with van der Waals surface area (Å²) in [5.41, 5.74) is 10.9. The Hall–Kier alpha value is -1.18. The summed E-state index contributed by atoms with van der Waals surface area (Å²) in [5.74, 6) is -2.19. The number of nitrogens with one attached hydrogen (secondary N) is 1. The summed E-state index contributed by atoms with van der Waals surface area (Å²) in [7, 11) is 0. The van der Waals surface area contributed by atoms with Crippen molar-refractivity contribution < 1.29 is 19.8 Å². The van der Waals surface area contributed by atoms with Gasteiger partial charge in [0.05, 0.1) is 11.8 Å². The lowest BCUT2D eigenvalue weighted by Gasteiger charge is -2.07. The fourth-order valence-corrected chi connectivity index (χ4v) is 2.26. The van der Waals surface area contributed by atoms with Gasteiger partial charge in [0.25, 0.3) is 0 Å². The van der Waals surface area contributed by atoms with Gasteiger partial charge in [-0.2, -0.15) is 0 Å². The second-order valence-electron chi connectivity index (χ2n) is 4.81. The van der Waals surface area contributed by atoms with E-state index in [0.717, 1.165) is 19.3 Å². The van der Waals surface area contributed by atoms with Crippen LogP contribution >= 0.6 is 0 Å². The zero-order chi connectivity index (χ0) is 13.7. The van der Waals surface area contributed by atoms with Crippen LogP contribution in [0.5, 0.6) is 0 Å². The summed E-state index contributed by atoms with van der Waals surface area (Å²) in [6.45, 7) is 1.13. The van der Waals surface area contributed by atoms with Crippen molar-refractivity contribution in [1.82, 2.24) is 5.32 Å². The average molecular weight is 259 g/mol. The third-order valence-corrected chi connectivity index (χ3v) is 3.46. The molecule has 1 aliphatic carbocycles. The molecule has 1 aliphatic heterocycles. The molecule has 0 spiro atoms. The van der Waals surface area contributed by atoms with Crippen LogP contribution < -0.4 is 16.8 Å². The highest BCUT2D eigenvalue weighted by atomic mass is 16.4. The van der Waals surface area contributed by atoms with Crippen molar-refractivity contribution in [1.29, 1.82) is 0 Å². The molecule has 1 heterocycles. The molecular weight excluding hydrogens is 238 g/mol. The zero-order valence-corrected chi connectivity index (χ0v) is 10.2. The van der Waals surface area contributed by atoms with E-state index in [-0.39, 0.29) is 23.9 Å². The van der Waals surface area contributed by atoms with Crippen molar-refractivity contribution in [3.63, 3.8) is 0 Å². The Morgan fingerprint density at radius 3 is 1.78 bits per heavy atom. The van der Waals surface area contributed by atoms with Crippen LogP contribution in [0.15, 0.2) is 0 Å². The molecule has 18 heavy (non-hydrogen) atoms. The first-order chi connectivity index (χ1) is 8.43.